The quantitative estimate of drug-likeness (QED) is 0.204. The predicted octanol–water partition coefficient (Wildman–Crippen LogP) is 12.1. The number of hydrogen-bond donors (Lipinski definition) is 2. The van der Waals surface area contributed by atoms with E-state index in [4.69, 9.17) is 4.74 Å². The first-order valence-corrected chi connectivity index (χ1v) is 23.7. The molecule has 0 heterocycles. The van der Waals surface area contributed by atoms with Crippen molar-refractivity contribution in [3.8, 4) is 0 Å². The van der Waals surface area contributed by atoms with Gasteiger partial charge in [0.05, 0.1) is 23.8 Å². The van der Waals surface area contributed by atoms with Gasteiger partial charge in [0.1, 0.15) is 6.10 Å². The topological polar surface area (TPSA) is 87.1 Å². The third kappa shape index (κ3) is 9.13. The Bertz CT molecular complexity index is 1940. The van der Waals surface area contributed by atoms with Crippen LogP contribution < -0.4 is 0 Å². The third-order valence-corrected chi connectivity index (χ3v) is 17.0. The Labute approximate surface area is 362 Å². The number of allylic oxidation sites excluding steroid dienone is 2. The largest absolute Gasteiger partial charge is 0.446 e. The van der Waals surface area contributed by atoms with Crippen molar-refractivity contribution in [3.05, 3.63) is 81.9 Å². The van der Waals surface area contributed by atoms with Gasteiger partial charge in [0.25, 0.3) is 0 Å². The molecule has 6 bridgehead atoms. The average Bonchev–Trinajstić information content (AvgIpc) is 3.43. The van der Waals surface area contributed by atoms with E-state index >= 15 is 0 Å². The SMILES string of the molecule is CC1=CCC[C@@]2(C)[C@@H](CC[C@@]2(O)CN(CC23CC4CC(CC(C4)C2)C3)C(=O)O[C@H]2C[C@@H](C)CC[C@@H]2C(C)C)c2ccc(cc2C(=O)c2cccc(C(F)(F)F)c2)C[C@@H](O)CC1. The Morgan fingerprint density at radius 1 is 0.918 bits per heavy atom. The number of carbonyl (C=O) groups is 2. The molecule has 9 heteroatoms. The van der Waals surface area contributed by atoms with Crippen LogP contribution >= 0.6 is 0 Å². The number of hydrogen-bond acceptors (Lipinski definition) is 5. The summed E-state index contributed by atoms with van der Waals surface area (Å²) in [5, 5.41) is 24.5. The number of rotatable bonds is 8. The van der Waals surface area contributed by atoms with Crippen molar-refractivity contribution in [3.63, 3.8) is 0 Å². The lowest BCUT2D eigenvalue weighted by Crippen LogP contribution is -2.58. The van der Waals surface area contributed by atoms with Crippen molar-refractivity contribution >= 4 is 11.9 Å². The van der Waals surface area contributed by atoms with Gasteiger partial charge in [-0.1, -0.05) is 70.0 Å². The highest BCUT2D eigenvalue weighted by atomic mass is 19.4. The molecule has 6 saturated carbocycles. The molecule has 61 heavy (non-hydrogen) atoms. The Hall–Kier alpha value is -3.17. The van der Waals surface area contributed by atoms with Gasteiger partial charge in [0.15, 0.2) is 5.78 Å². The minimum Gasteiger partial charge on any atom is -0.446 e. The summed E-state index contributed by atoms with van der Waals surface area (Å²) in [5.41, 5.74) is -0.185. The normalized spacial score (nSPS) is 36.3. The minimum atomic E-state index is -4.61. The van der Waals surface area contributed by atoms with Gasteiger partial charge in [-0.15, -0.1) is 0 Å². The molecule has 2 aromatic carbocycles. The Kier molecular flexibility index (Phi) is 12.4. The molecule has 0 aliphatic heterocycles. The summed E-state index contributed by atoms with van der Waals surface area (Å²) < 4.78 is 48.5. The standard InChI is InChI=1S/C52H70F3NO5/c1-32(2)42-15-12-34(4)20-46(42)61-48(59)56(30-50-27-36-21-37(28-50)23-38(22-36)29-50)31-51(60)19-17-45-43-16-13-35(24-41(57)14-11-33(3)8-7-18-49(45,51)5)25-44(43)47(58)39-9-6-10-40(26-39)52(53,54)55/h6,8-10,13,16,25-26,32,34,36-38,41-42,45-46,57,60H,7,11-12,14-15,17-24,27-31H2,1-5H3/t34-,36?,37?,38?,41-,42+,45-,46-,49-,50?,51+/m0/s1. The molecule has 0 aromatic heterocycles. The summed E-state index contributed by atoms with van der Waals surface area (Å²) in [6.45, 7) is 11.6. The second-order valence-corrected chi connectivity index (χ2v) is 21.9. The van der Waals surface area contributed by atoms with Crippen molar-refractivity contribution in [1.82, 2.24) is 4.90 Å². The second kappa shape index (κ2) is 17.1. The van der Waals surface area contributed by atoms with Crippen LogP contribution in [0.15, 0.2) is 54.1 Å². The molecule has 1 amide bonds. The van der Waals surface area contributed by atoms with Gasteiger partial charge in [-0.2, -0.15) is 13.2 Å². The highest BCUT2D eigenvalue weighted by molar-refractivity contribution is 6.10. The maximum Gasteiger partial charge on any atom is 0.416 e. The molecule has 0 unspecified atom stereocenters. The summed E-state index contributed by atoms with van der Waals surface area (Å²) in [6, 6.07) is 10.2. The third-order valence-electron chi connectivity index (χ3n) is 17.0. The lowest BCUT2D eigenvalue weighted by molar-refractivity contribution is -0.137. The summed E-state index contributed by atoms with van der Waals surface area (Å²) in [5.74, 6) is 2.36. The first kappa shape index (κ1) is 44.4. The van der Waals surface area contributed by atoms with Gasteiger partial charge in [0, 0.05) is 23.1 Å². The molecular weight excluding hydrogens is 776 g/mol. The van der Waals surface area contributed by atoms with E-state index in [1.807, 2.05) is 17.0 Å². The molecule has 2 aromatic rings. The number of ketones is 1. The van der Waals surface area contributed by atoms with E-state index < -0.39 is 34.6 Å². The highest BCUT2D eigenvalue weighted by Crippen LogP contribution is 2.62. The molecule has 8 aliphatic rings. The van der Waals surface area contributed by atoms with Crippen LogP contribution in [0.3, 0.4) is 0 Å². The van der Waals surface area contributed by atoms with Crippen LogP contribution in [0.25, 0.3) is 0 Å². The number of halogens is 3. The summed E-state index contributed by atoms with van der Waals surface area (Å²) in [7, 11) is 0. The zero-order chi connectivity index (χ0) is 43.5. The lowest BCUT2D eigenvalue weighted by atomic mass is 9.49. The number of aliphatic hydroxyl groups excluding tert-OH is 1. The molecule has 0 radical (unpaired) electrons. The second-order valence-electron chi connectivity index (χ2n) is 21.9. The smallest absolute Gasteiger partial charge is 0.416 e. The monoisotopic (exact) mass is 846 g/mol. The molecule has 2 N–H and O–H groups in total. The van der Waals surface area contributed by atoms with Gasteiger partial charge < -0.3 is 19.8 Å². The number of amides is 1. The van der Waals surface area contributed by atoms with Crippen LogP contribution in [0.4, 0.5) is 18.0 Å². The zero-order valence-electron chi connectivity index (χ0n) is 37.2. The Morgan fingerprint density at radius 2 is 1.62 bits per heavy atom. The van der Waals surface area contributed by atoms with Crippen molar-refractivity contribution in [2.75, 3.05) is 13.1 Å². The van der Waals surface area contributed by atoms with Crippen LogP contribution in [0.1, 0.15) is 169 Å². The molecule has 6 fully saturated rings. The fourth-order valence-corrected chi connectivity index (χ4v) is 14.0. The first-order chi connectivity index (χ1) is 28.8. The first-order valence-electron chi connectivity index (χ1n) is 23.7. The van der Waals surface area contributed by atoms with Crippen molar-refractivity contribution in [2.45, 2.75) is 167 Å². The number of nitrogens with zero attached hydrogens (tertiary/aromatic N) is 1. The Morgan fingerprint density at radius 3 is 2.30 bits per heavy atom. The maximum absolute atomic E-state index is 15.0. The van der Waals surface area contributed by atoms with Crippen LogP contribution in [0.2, 0.25) is 0 Å². The molecular formula is C52H70F3NO5. The van der Waals surface area contributed by atoms with E-state index in [1.54, 1.807) is 6.07 Å². The van der Waals surface area contributed by atoms with Crippen LogP contribution in [0.5, 0.6) is 0 Å². The van der Waals surface area contributed by atoms with E-state index in [1.165, 1.54) is 37.0 Å². The fourth-order valence-electron chi connectivity index (χ4n) is 14.0. The average molecular weight is 846 g/mol. The van der Waals surface area contributed by atoms with E-state index in [0.717, 1.165) is 56.2 Å². The van der Waals surface area contributed by atoms with Gasteiger partial charge in [0.2, 0.25) is 0 Å². The predicted molar refractivity (Wildman–Crippen MR) is 232 cm³/mol. The maximum atomic E-state index is 15.0. The summed E-state index contributed by atoms with van der Waals surface area (Å²) in [4.78, 5) is 31.5. The number of alkyl halides is 3. The molecule has 7 atom stereocenters. The van der Waals surface area contributed by atoms with Gasteiger partial charge in [-0.25, -0.2) is 4.79 Å². The van der Waals surface area contributed by atoms with Crippen molar-refractivity contribution in [1.29, 1.82) is 0 Å². The summed E-state index contributed by atoms with van der Waals surface area (Å²) >= 11 is 0. The zero-order valence-corrected chi connectivity index (χ0v) is 37.2. The number of carbonyl (C=O) groups excluding carboxylic acids is 2. The molecule has 8 aliphatic carbocycles. The number of benzene rings is 2. The lowest BCUT2D eigenvalue weighted by Gasteiger charge is -2.58. The van der Waals surface area contributed by atoms with Crippen LogP contribution in [0, 0.1) is 46.3 Å². The number of fused-ring (bicyclic) bond motifs is 8. The van der Waals surface area contributed by atoms with Crippen LogP contribution in [-0.2, 0) is 17.3 Å². The highest BCUT2D eigenvalue weighted by Gasteiger charge is 2.59. The number of aliphatic hydroxyl groups is 2. The summed E-state index contributed by atoms with van der Waals surface area (Å²) in [6.07, 6.45) is 10.3. The van der Waals surface area contributed by atoms with E-state index in [9.17, 15) is 33.0 Å². The fraction of sp³-hybridized carbons (Fsp3) is 0.692. The van der Waals surface area contributed by atoms with Gasteiger partial charge >= 0.3 is 12.3 Å². The van der Waals surface area contributed by atoms with E-state index in [-0.39, 0.29) is 41.6 Å². The van der Waals surface area contributed by atoms with E-state index in [2.05, 4.69) is 40.7 Å². The molecule has 10 rings (SSSR count). The van der Waals surface area contributed by atoms with Crippen LogP contribution in [-0.4, -0.2) is 57.9 Å². The molecule has 0 spiro atoms. The molecule has 6 nitrogen and oxygen atoms in total. The molecule has 0 saturated heterocycles. The molecule has 334 valence electrons. The number of ether oxygens (including phenoxy) is 1. The minimum absolute atomic E-state index is 0.00832. The van der Waals surface area contributed by atoms with Gasteiger partial charge in [-0.05, 0) is 179 Å². The van der Waals surface area contributed by atoms with E-state index in [0.29, 0.717) is 92.2 Å². The van der Waals surface area contributed by atoms with Crippen molar-refractivity contribution in [2.24, 2.45) is 46.3 Å². The van der Waals surface area contributed by atoms with Gasteiger partial charge in [-0.3, -0.25) is 4.79 Å². The Balaban J connectivity index is 1.18. The van der Waals surface area contributed by atoms with Crippen molar-refractivity contribution < 1.29 is 37.7 Å².